The van der Waals surface area contributed by atoms with Crippen molar-refractivity contribution >= 4 is 17.7 Å². The van der Waals surface area contributed by atoms with Crippen LogP contribution >= 0.6 is 0 Å². The van der Waals surface area contributed by atoms with Gasteiger partial charge in [0.05, 0.1) is 6.54 Å². The number of hydrogen-bond acceptors (Lipinski definition) is 4. The van der Waals surface area contributed by atoms with Gasteiger partial charge in [-0.1, -0.05) is 18.2 Å². The Morgan fingerprint density at radius 2 is 1.87 bits per heavy atom. The van der Waals surface area contributed by atoms with E-state index in [1.54, 1.807) is 11.9 Å². The van der Waals surface area contributed by atoms with Crippen LogP contribution in [0.2, 0.25) is 0 Å². The first-order chi connectivity index (χ1) is 11.1. The maximum atomic E-state index is 12.3. The highest BCUT2D eigenvalue weighted by atomic mass is 16.6. The summed E-state index contributed by atoms with van der Waals surface area (Å²) in [5, 5.41) is 0. The summed E-state index contributed by atoms with van der Waals surface area (Å²) in [6.45, 7) is 3.79. The van der Waals surface area contributed by atoms with Crippen molar-refractivity contribution in [3.05, 3.63) is 30.3 Å². The summed E-state index contributed by atoms with van der Waals surface area (Å²) in [5.41, 5.74) is 1.21. The Hall–Kier alpha value is -2.24. The lowest BCUT2D eigenvalue weighted by molar-refractivity contribution is -0.132. The van der Waals surface area contributed by atoms with E-state index in [1.165, 1.54) is 5.69 Å². The van der Waals surface area contributed by atoms with Gasteiger partial charge in [0.1, 0.15) is 6.10 Å². The minimum Gasteiger partial charge on any atom is -0.444 e. The van der Waals surface area contributed by atoms with Gasteiger partial charge in [-0.2, -0.15) is 0 Å². The van der Waals surface area contributed by atoms with E-state index in [0.29, 0.717) is 19.4 Å². The molecular formula is C17H23N3O3. The molecule has 124 valence electrons. The number of rotatable bonds is 4. The zero-order chi connectivity index (χ0) is 16.2. The van der Waals surface area contributed by atoms with Crippen molar-refractivity contribution in [2.75, 3.05) is 44.7 Å². The first kappa shape index (κ1) is 15.6. The molecule has 0 radical (unpaired) electrons. The number of piperazine rings is 1. The van der Waals surface area contributed by atoms with Gasteiger partial charge in [0.25, 0.3) is 0 Å². The Balaban J connectivity index is 1.43. The predicted octanol–water partition coefficient (Wildman–Crippen LogP) is 1.57. The summed E-state index contributed by atoms with van der Waals surface area (Å²) < 4.78 is 5.19. The second-order valence-corrected chi connectivity index (χ2v) is 6.13. The van der Waals surface area contributed by atoms with Crippen LogP contribution in [0.5, 0.6) is 0 Å². The Morgan fingerprint density at radius 1 is 1.17 bits per heavy atom. The third-order valence-corrected chi connectivity index (χ3v) is 4.49. The van der Waals surface area contributed by atoms with Gasteiger partial charge in [0.2, 0.25) is 5.91 Å². The molecule has 6 heteroatoms. The number of amides is 2. The monoisotopic (exact) mass is 317 g/mol. The Labute approximate surface area is 136 Å². The van der Waals surface area contributed by atoms with Crippen LogP contribution < -0.4 is 4.90 Å². The van der Waals surface area contributed by atoms with E-state index in [9.17, 15) is 9.59 Å². The Kier molecular flexibility index (Phi) is 4.69. The molecule has 1 aromatic rings. The Bertz CT molecular complexity index is 555. The van der Waals surface area contributed by atoms with Crippen molar-refractivity contribution in [2.24, 2.45) is 0 Å². The summed E-state index contributed by atoms with van der Waals surface area (Å²) in [6.07, 6.45) is 0.603. The Morgan fingerprint density at radius 3 is 2.48 bits per heavy atom. The number of anilines is 1. The van der Waals surface area contributed by atoms with Gasteiger partial charge in [-0.05, 0) is 18.6 Å². The van der Waals surface area contributed by atoms with Crippen LogP contribution in [0.25, 0.3) is 0 Å². The third-order valence-electron chi connectivity index (χ3n) is 4.49. The fourth-order valence-corrected chi connectivity index (χ4v) is 3.10. The molecule has 1 aromatic carbocycles. The quantitative estimate of drug-likeness (QED) is 0.846. The highest BCUT2D eigenvalue weighted by Crippen LogP contribution is 2.18. The van der Waals surface area contributed by atoms with Crippen molar-refractivity contribution < 1.29 is 14.3 Å². The van der Waals surface area contributed by atoms with Crippen LogP contribution in [-0.2, 0) is 9.53 Å². The molecule has 0 aliphatic carbocycles. The van der Waals surface area contributed by atoms with Crippen LogP contribution in [0.15, 0.2) is 30.3 Å². The van der Waals surface area contributed by atoms with Gasteiger partial charge in [-0.15, -0.1) is 0 Å². The smallest absolute Gasteiger partial charge is 0.409 e. The van der Waals surface area contributed by atoms with Crippen LogP contribution in [0.1, 0.15) is 12.8 Å². The first-order valence-electron chi connectivity index (χ1n) is 8.13. The lowest BCUT2D eigenvalue weighted by atomic mass is 10.1. The van der Waals surface area contributed by atoms with E-state index in [4.69, 9.17) is 4.74 Å². The molecule has 2 saturated heterocycles. The van der Waals surface area contributed by atoms with E-state index in [0.717, 1.165) is 26.2 Å². The number of ether oxygens (including phenoxy) is 1. The largest absolute Gasteiger partial charge is 0.444 e. The topological polar surface area (TPSA) is 53.1 Å². The highest BCUT2D eigenvalue weighted by Gasteiger charge is 2.29. The third kappa shape index (κ3) is 3.75. The second kappa shape index (κ2) is 6.89. The highest BCUT2D eigenvalue weighted by molar-refractivity contribution is 5.76. The standard InChI is InChI=1S/C17H23N3O3/c1-18-13-15(23-17(18)22)7-8-16(21)20-11-9-19(10-12-20)14-5-3-2-4-6-14/h2-6,15H,7-13H2,1H3. The maximum absolute atomic E-state index is 12.3. The number of nitrogens with zero attached hydrogens (tertiary/aromatic N) is 3. The van der Waals surface area contributed by atoms with Crippen LogP contribution in [0.3, 0.4) is 0 Å². The van der Waals surface area contributed by atoms with Crippen molar-refractivity contribution in [3.63, 3.8) is 0 Å². The van der Waals surface area contributed by atoms with E-state index in [1.807, 2.05) is 23.1 Å². The van der Waals surface area contributed by atoms with Crippen LogP contribution in [0.4, 0.5) is 10.5 Å². The molecule has 2 aliphatic heterocycles. The molecule has 0 saturated carbocycles. The lowest BCUT2D eigenvalue weighted by Crippen LogP contribution is -2.48. The number of likely N-dealkylation sites (N-methyl/N-ethyl adjacent to an activating group) is 1. The summed E-state index contributed by atoms with van der Waals surface area (Å²) in [5.74, 6) is 0.156. The number of hydrogen-bond donors (Lipinski definition) is 0. The molecule has 2 fully saturated rings. The maximum Gasteiger partial charge on any atom is 0.409 e. The van der Waals surface area contributed by atoms with Crippen LogP contribution in [-0.4, -0.2) is 67.7 Å². The summed E-state index contributed by atoms with van der Waals surface area (Å²) in [4.78, 5) is 29.4. The molecule has 2 aliphatic rings. The van der Waals surface area contributed by atoms with Gasteiger partial charge in [0, 0.05) is 45.3 Å². The van der Waals surface area contributed by atoms with Gasteiger partial charge < -0.3 is 19.4 Å². The molecule has 6 nitrogen and oxygen atoms in total. The fraction of sp³-hybridized carbons (Fsp3) is 0.529. The SMILES string of the molecule is CN1CC(CCC(=O)N2CCN(c3ccccc3)CC2)OC1=O. The molecule has 0 aromatic heterocycles. The van der Waals surface area contributed by atoms with Gasteiger partial charge in [-0.25, -0.2) is 4.79 Å². The van der Waals surface area contributed by atoms with Crippen molar-refractivity contribution in [1.29, 1.82) is 0 Å². The first-order valence-corrected chi connectivity index (χ1v) is 8.13. The average Bonchev–Trinajstić information content (AvgIpc) is 2.92. The number of cyclic esters (lactones) is 1. The number of carbonyl (C=O) groups excluding carboxylic acids is 2. The van der Waals surface area contributed by atoms with Crippen molar-refractivity contribution in [1.82, 2.24) is 9.80 Å². The van der Waals surface area contributed by atoms with E-state index in [-0.39, 0.29) is 18.1 Å². The minimum atomic E-state index is -0.293. The second-order valence-electron chi connectivity index (χ2n) is 6.13. The predicted molar refractivity (Wildman–Crippen MR) is 87.4 cm³/mol. The summed E-state index contributed by atoms with van der Waals surface area (Å²) >= 11 is 0. The van der Waals surface area contributed by atoms with Gasteiger partial charge in [0.15, 0.2) is 0 Å². The van der Waals surface area contributed by atoms with E-state index in [2.05, 4.69) is 17.0 Å². The molecule has 23 heavy (non-hydrogen) atoms. The minimum absolute atomic E-state index is 0.151. The van der Waals surface area contributed by atoms with Crippen LogP contribution in [0, 0.1) is 0 Å². The molecule has 2 heterocycles. The summed E-state index contributed by atoms with van der Waals surface area (Å²) in [6, 6.07) is 10.3. The zero-order valence-electron chi connectivity index (χ0n) is 13.5. The normalized spacial score (nSPS) is 21.5. The van der Waals surface area contributed by atoms with E-state index >= 15 is 0 Å². The average molecular weight is 317 g/mol. The molecule has 2 amide bonds. The molecule has 0 bridgehead atoms. The number of benzene rings is 1. The number of carbonyl (C=O) groups is 2. The molecule has 1 unspecified atom stereocenters. The van der Waals surface area contributed by atoms with E-state index < -0.39 is 0 Å². The molecule has 0 N–H and O–H groups in total. The zero-order valence-corrected chi connectivity index (χ0v) is 13.5. The lowest BCUT2D eigenvalue weighted by Gasteiger charge is -2.36. The molecule has 1 atom stereocenters. The molecule has 0 spiro atoms. The molecular weight excluding hydrogens is 294 g/mol. The molecule has 3 rings (SSSR count). The van der Waals surface area contributed by atoms with Crippen molar-refractivity contribution in [3.8, 4) is 0 Å². The number of para-hydroxylation sites is 1. The van der Waals surface area contributed by atoms with Gasteiger partial charge >= 0.3 is 6.09 Å². The van der Waals surface area contributed by atoms with Crippen molar-refractivity contribution in [2.45, 2.75) is 18.9 Å². The fourth-order valence-electron chi connectivity index (χ4n) is 3.10. The van der Waals surface area contributed by atoms with Gasteiger partial charge in [-0.3, -0.25) is 4.79 Å². The summed E-state index contributed by atoms with van der Waals surface area (Å²) in [7, 11) is 1.72.